The number of carbonyl (C=O) groups is 3. The van der Waals surface area contributed by atoms with Crippen LogP contribution in [-0.4, -0.2) is 30.4 Å². The quantitative estimate of drug-likeness (QED) is 0.624. The molecule has 2 amide bonds. The Morgan fingerprint density at radius 3 is 2.56 bits per heavy atom. The van der Waals surface area contributed by atoms with Gasteiger partial charge in [0.2, 0.25) is 11.8 Å². The molecule has 0 aliphatic carbocycles. The Morgan fingerprint density at radius 2 is 1.91 bits per heavy atom. The first-order chi connectivity index (χ1) is 15.3. The molecule has 2 aromatic rings. The van der Waals surface area contributed by atoms with Gasteiger partial charge in [-0.05, 0) is 56.5 Å². The van der Waals surface area contributed by atoms with Gasteiger partial charge in [-0.3, -0.25) is 14.9 Å². The van der Waals surface area contributed by atoms with Crippen molar-refractivity contribution in [3.8, 4) is 0 Å². The molecule has 7 nitrogen and oxygen atoms in total. The van der Waals surface area contributed by atoms with Crippen LogP contribution in [0.5, 0.6) is 0 Å². The number of benzene rings is 2. The number of esters is 1. The van der Waals surface area contributed by atoms with Crippen LogP contribution in [-0.2, 0) is 19.9 Å². The van der Waals surface area contributed by atoms with Gasteiger partial charge in [-0.15, -0.1) is 0 Å². The Balaban J connectivity index is 1.64. The molecule has 168 valence electrons. The van der Waals surface area contributed by atoms with Gasteiger partial charge in [0, 0.05) is 23.0 Å². The van der Waals surface area contributed by atoms with E-state index in [2.05, 4.69) is 29.8 Å². The van der Waals surface area contributed by atoms with Crippen molar-refractivity contribution in [1.82, 2.24) is 5.32 Å². The summed E-state index contributed by atoms with van der Waals surface area (Å²) in [5.74, 6) is -1.15. The minimum Gasteiger partial charge on any atom is -0.462 e. The number of hydrogen-bond donors (Lipinski definition) is 3. The number of nitrogens with one attached hydrogen (secondary N) is 3. The van der Waals surface area contributed by atoms with Gasteiger partial charge < -0.3 is 15.4 Å². The molecule has 2 aliphatic heterocycles. The van der Waals surface area contributed by atoms with Gasteiger partial charge in [-0.1, -0.05) is 31.5 Å². The van der Waals surface area contributed by atoms with Gasteiger partial charge in [0.15, 0.2) is 0 Å². The third kappa shape index (κ3) is 3.66. The lowest BCUT2D eigenvalue weighted by Crippen LogP contribution is -2.52. The highest BCUT2D eigenvalue weighted by Crippen LogP contribution is 2.48. The average molecular weight is 436 g/mol. The summed E-state index contributed by atoms with van der Waals surface area (Å²) >= 11 is 0. The van der Waals surface area contributed by atoms with Gasteiger partial charge >= 0.3 is 5.97 Å². The molecule has 0 bridgehead atoms. The highest BCUT2D eigenvalue weighted by atomic mass is 16.5. The second kappa shape index (κ2) is 8.39. The molecule has 0 saturated carbocycles. The van der Waals surface area contributed by atoms with Crippen LogP contribution in [0.4, 0.5) is 11.4 Å². The van der Waals surface area contributed by atoms with Gasteiger partial charge in [-0.2, -0.15) is 0 Å². The van der Waals surface area contributed by atoms with Crippen molar-refractivity contribution in [3.05, 3.63) is 59.2 Å². The van der Waals surface area contributed by atoms with Crippen LogP contribution < -0.4 is 16.0 Å². The molecule has 4 rings (SSSR count). The molecular formula is C25H29N3O4. The Morgan fingerprint density at radius 1 is 1.19 bits per heavy atom. The Labute approximate surface area is 187 Å². The first-order valence-corrected chi connectivity index (χ1v) is 11.0. The zero-order valence-electron chi connectivity index (χ0n) is 18.8. The largest absolute Gasteiger partial charge is 0.462 e. The fourth-order valence-corrected chi connectivity index (χ4v) is 4.68. The number of aryl methyl sites for hydroxylation is 1. The maximum absolute atomic E-state index is 13.5. The zero-order valence-corrected chi connectivity index (χ0v) is 18.8. The fourth-order valence-electron chi connectivity index (χ4n) is 4.68. The summed E-state index contributed by atoms with van der Waals surface area (Å²) in [6.07, 6.45) is 0.547. The molecule has 3 atom stereocenters. The molecule has 32 heavy (non-hydrogen) atoms. The van der Waals surface area contributed by atoms with E-state index in [1.54, 1.807) is 31.2 Å². The SMILES string of the molecule is CCOC(=O)c1ccc(NC(=O)C2CC(C(C)C)NC23C(=O)Nc2ccc(C)cc23)cc1. The molecule has 7 heteroatoms. The van der Waals surface area contributed by atoms with Gasteiger partial charge in [0.05, 0.1) is 18.1 Å². The van der Waals surface area contributed by atoms with Crippen molar-refractivity contribution >= 4 is 29.2 Å². The summed E-state index contributed by atoms with van der Waals surface area (Å²) in [4.78, 5) is 38.6. The van der Waals surface area contributed by atoms with Crippen LogP contribution in [0.3, 0.4) is 0 Å². The lowest BCUT2D eigenvalue weighted by atomic mass is 9.79. The molecule has 0 aromatic heterocycles. The van der Waals surface area contributed by atoms with Crippen molar-refractivity contribution in [2.24, 2.45) is 11.8 Å². The van der Waals surface area contributed by atoms with E-state index < -0.39 is 17.4 Å². The van der Waals surface area contributed by atoms with Crippen LogP contribution in [0.2, 0.25) is 0 Å². The highest BCUT2D eigenvalue weighted by Gasteiger charge is 2.60. The van der Waals surface area contributed by atoms with Crippen molar-refractivity contribution < 1.29 is 19.1 Å². The Bertz CT molecular complexity index is 1060. The molecule has 0 radical (unpaired) electrons. The molecule has 2 heterocycles. The molecular weight excluding hydrogens is 406 g/mol. The van der Waals surface area contributed by atoms with Crippen molar-refractivity contribution in [2.75, 3.05) is 17.2 Å². The number of ether oxygens (including phenoxy) is 1. The maximum Gasteiger partial charge on any atom is 0.338 e. The molecule has 2 aliphatic rings. The van der Waals surface area contributed by atoms with Crippen LogP contribution >= 0.6 is 0 Å². The maximum atomic E-state index is 13.5. The summed E-state index contributed by atoms with van der Waals surface area (Å²) in [5, 5.41) is 9.43. The zero-order chi connectivity index (χ0) is 23.0. The van der Waals surface area contributed by atoms with E-state index in [0.29, 0.717) is 24.3 Å². The summed E-state index contributed by atoms with van der Waals surface area (Å²) in [5.41, 5.74) is 2.48. The van der Waals surface area contributed by atoms with Crippen molar-refractivity contribution in [3.63, 3.8) is 0 Å². The second-order valence-electron chi connectivity index (χ2n) is 8.88. The standard InChI is InChI=1S/C25H29N3O4/c1-5-32-23(30)16-7-9-17(10-8-16)26-22(29)19-13-21(14(2)3)28-25(19)18-12-15(4)6-11-20(18)27-24(25)31/h6-12,14,19,21,28H,5,13H2,1-4H3,(H,26,29)(H,27,31). The first kappa shape index (κ1) is 22.0. The van der Waals surface area contributed by atoms with E-state index in [9.17, 15) is 14.4 Å². The van der Waals surface area contributed by atoms with Crippen molar-refractivity contribution in [2.45, 2.75) is 45.7 Å². The smallest absolute Gasteiger partial charge is 0.338 e. The first-order valence-electron chi connectivity index (χ1n) is 11.0. The van der Waals surface area contributed by atoms with E-state index >= 15 is 0 Å². The topological polar surface area (TPSA) is 96.5 Å². The minimum atomic E-state index is -1.11. The van der Waals surface area contributed by atoms with Gasteiger partial charge in [0.1, 0.15) is 5.54 Å². The molecule has 1 fully saturated rings. The number of fused-ring (bicyclic) bond motifs is 2. The number of carbonyl (C=O) groups excluding carboxylic acids is 3. The average Bonchev–Trinajstić information content (AvgIpc) is 3.29. The lowest BCUT2D eigenvalue weighted by Gasteiger charge is -2.30. The second-order valence-corrected chi connectivity index (χ2v) is 8.88. The molecule has 1 saturated heterocycles. The van der Waals surface area contributed by atoms with Crippen LogP contribution in [0.1, 0.15) is 48.7 Å². The monoisotopic (exact) mass is 435 g/mol. The third-order valence-corrected chi connectivity index (χ3v) is 6.42. The van der Waals surface area contributed by atoms with Crippen LogP contribution in [0.25, 0.3) is 0 Å². The van der Waals surface area contributed by atoms with E-state index in [-0.39, 0.29) is 23.8 Å². The highest BCUT2D eigenvalue weighted by molar-refractivity contribution is 6.10. The number of amides is 2. The van der Waals surface area contributed by atoms with E-state index in [4.69, 9.17) is 4.74 Å². The predicted molar refractivity (Wildman–Crippen MR) is 122 cm³/mol. The fraction of sp³-hybridized carbons (Fsp3) is 0.400. The van der Waals surface area contributed by atoms with Gasteiger partial charge in [0.25, 0.3) is 0 Å². The number of rotatable bonds is 5. The van der Waals surface area contributed by atoms with E-state index in [1.165, 1.54) is 0 Å². The normalized spacial score (nSPS) is 23.8. The predicted octanol–water partition coefficient (Wildman–Crippen LogP) is 3.59. The summed E-state index contributed by atoms with van der Waals surface area (Å²) in [7, 11) is 0. The number of hydrogen-bond acceptors (Lipinski definition) is 5. The molecule has 2 aromatic carbocycles. The van der Waals surface area contributed by atoms with Crippen LogP contribution in [0, 0.1) is 18.8 Å². The van der Waals surface area contributed by atoms with E-state index in [1.807, 2.05) is 25.1 Å². The number of anilines is 2. The minimum absolute atomic E-state index is 0.0224. The Hall–Kier alpha value is -3.19. The van der Waals surface area contributed by atoms with Crippen LogP contribution in [0.15, 0.2) is 42.5 Å². The van der Waals surface area contributed by atoms with E-state index in [0.717, 1.165) is 16.8 Å². The van der Waals surface area contributed by atoms with Gasteiger partial charge in [-0.25, -0.2) is 4.79 Å². The summed E-state index contributed by atoms with van der Waals surface area (Å²) in [6.45, 7) is 8.20. The molecule has 3 unspecified atom stereocenters. The Kier molecular flexibility index (Phi) is 5.77. The molecule has 3 N–H and O–H groups in total. The third-order valence-electron chi connectivity index (χ3n) is 6.42. The summed E-state index contributed by atoms with van der Waals surface area (Å²) < 4.78 is 5.00. The van der Waals surface area contributed by atoms with Crippen molar-refractivity contribution in [1.29, 1.82) is 0 Å². The molecule has 1 spiro atoms. The summed E-state index contributed by atoms with van der Waals surface area (Å²) in [6, 6.07) is 12.4. The lowest BCUT2D eigenvalue weighted by molar-refractivity contribution is -0.130.